The number of amides is 1. The molecular formula is C16H15Cl2N3O3S. The molecule has 25 heavy (non-hydrogen) atoms. The summed E-state index contributed by atoms with van der Waals surface area (Å²) < 4.78 is 4.93. The van der Waals surface area contributed by atoms with Gasteiger partial charge in [-0.3, -0.25) is 9.59 Å². The van der Waals surface area contributed by atoms with Crippen LogP contribution in [0.25, 0.3) is 0 Å². The van der Waals surface area contributed by atoms with Crippen LogP contribution in [0.4, 0.5) is 5.69 Å². The van der Waals surface area contributed by atoms with Crippen LogP contribution in [0.15, 0.2) is 29.4 Å². The van der Waals surface area contributed by atoms with Crippen LogP contribution < -0.4 is 5.32 Å². The van der Waals surface area contributed by atoms with E-state index in [1.54, 1.807) is 12.1 Å². The molecule has 1 N–H and O–H groups in total. The molecular weight excluding hydrogens is 385 g/mol. The fourth-order valence-electron chi connectivity index (χ4n) is 1.85. The van der Waals surface area contributed by atoms with E-state index in [0.717, 1.165) is 23.1 Å². The summed E-state index contributed by atoms with van der Waals surface area (Å²) >= 11 is 12.9. The predicted octanol–water partition coefficient (Wildman–Crippen LogP) is 3.67. The van der Waals surface area contributed by atoms with Gasteiger partial charge in [0.15, 0.2) is 11.8 Å². The Bertz CT molecular complexity index is 782. The number of benzene rings is 1. The summed E-state index contributed by atoms with van der Waals surface area (Å²) in [5.74, 6) is -1.02. The molecule has 0 aliphatic carbocycles. The Kier molecular flexibility index (Phi) is 7.04. The van der Waals surface area contributed by atoms with Gasteiger partial charge in [-0.15, -0.1) is 0 Å². The smallest absolute Gasteiger partial charge is 0.316 e. The van der Waals surface area contributed by atoms with Gasteiger partial charge in [0.05, 0.1) is 16.5 Å². The van der Waals surface area contributed by atoms with Gasteiger partial charge in [-0.05, 0) is 38.1 Å². The lowest BCUT2D eigenvalue weighted by molar-refractivity contribution is -0.144. The van der Waals surface area contributed by atoms with Crippen LogP contribution in [0.5, 0.6) is 0 Å². The predicted molar refractivity (Wildman–Crippen MR) is 98.3 cm³/mol. The molecule has 2 aromatic rings. The van der Waals surface area contributed by atoms with E-state index >= 15 is 0 Å². The Morgan fingerprint density at radius 1 is 1.16 bits per heavy atom. The van der Waals surface area contributed by atoms with Crippen molar-refractivity contribution in [2.75, 3.05) is 17.7 Å². The first kappa shape index (κ1) is 19.5. The number of anilines is 1. The third-order valence-corrected chi connectivity index (χ3v) is 4.22. The Balaban J connectivity index is 1.78. The largest absolute Gasteiger partial charge is 0.455 e. The monoisotopic (exact) mass is 399 g/mol. The topological polar surface area (TPSA) is 81.2 Å². The number of aryl methyl sites for hydroxylation is 2. The van der Waals surface area contributed by atoms with Crippen molar-refractivity contribution < 1.29 is 14.3 Å². The molecule has 0 fully saturated rings. The molecule has 0 atom stereocenters. The highest BCUT2D eigenvalue weighted by Crippen LogP contribution is 2.25. The van der Waals surface area contributed by atoms with Gasteiger partial charge in [-0.2, -0.15) is 0 Å². The Hall–Kier alpha value is -1.83. The molecule has 0 aliphatic rings. The molecule has 2 rings (SSSR count). The van der Waals surface area contributed by atoms with Crippen LogP contribution in [0.1, 0.15) is 11.4 Å². The van der Waals surface area contributed by atoms with Crippen LogP contribution in [0.2, 0.25) is 10.0 Å². The van der Waals surface area contributed by atoms with Crippen molar-refractivity contribution in [2.24, 2.45) is 0 Å². The maximum atomic E-state index is 11.8. The number of ether oxygens (including phenoxy) is 1. The van der Waals surface area contributed by atoms with Gasteiger partial charge in [0, 0.05) is 16.4 Å². The van der Waals surface area contributed by atoms with Crippen LogP contribution in [0.3, 0.4) is 0 Å². The summed E-state index contributed by atoms with van der Waals surface area (Å²) in [6.45, 7) is 3.29. The Morgan fingerprint density at radius 2 is 1.84 bits per heavy atom. The van der Waals surface area contributed by atoms with Crippen molar-refractivity contribution in [3.05, 3.63) is 45.7 Å². The molecule has 1 aromatic heterocycles. The lowest BCUT2D eigenvalue weighted by atomic mass is 10.3. The summed E-state index contributed by atoms with van der Waals surface area (Å²) in [4.78, 5) is 32.0. The summed E-state index contributed by atoms with van der Waals surface area (Å²) in [5.41, 5.74) is 2.04. The van der Waals surface area contributed by atoms with Crippen LogP contribution in [-0.4, -0.2) is 34.2 Å². The number of nitrogens with one attached hydrogen (secondary N) is 1. The SMILES string of the molecule is Cc1cc(C)nc(SCC(=O)OCC(=O)Nc2ccc(Cl)cc2Cl)n1. The highest BCUT2D eigenvalue weighted by Gasteiger charge is 2.11. The third-order valence-electron chi connectivity index (χ3n) is 2.85. The number of aromatic nitrogens is 2. The number of nitrogens with zero attached hydrogens (tertiary/aromatic N) is 2. The molecule has 1 amide bonds. The molecule has 0 saturated heterocycles. The number of thioether (sulfide) groups is 1. The van der Waals surface area contributed by atoms with Crippen LogP contribution in [-0.2, 0) is 14.3 Å². The van der Waals surface area contributed by atoms with Crippen molar-refractivity contribution in [3.8, 4) is 0 Å². The second-order valence-corrected chi connectivity index (χ2v) is 6.84. The lowest BCUT2D eigenvalue weighted by Crippen LogP contribution is -2.21. The maximum absolute atomic E-state index is 11.8. The first-order valence-corrected chi connectivity index (χ1v) is 8.93. The first-order valence-electron chi connectivity index (χ1n) is 7.19. The fourth-order valence-corrected chi connectivity index (χ4v) is 3.05. The molecule has 1 aromatic carbocycles. The number of esters is 1. The van der Waals surface area contributed by atoms with Crippen molar-refractivity contribution in [1.82, 2.24) is 9.97 Å². The van der Waals surface area contributed by atoms with Gasteiger partial charge < -0.3 is 10.1 Å². The number of carbonyl (C=O) groups is 2. The molecule has 0 bridgehead atoms. The molecule has 0 unspecified atom stereocenters. The summed E-state index contributed by atoms with van der Waals surface area (Å²) in [6, 6.07) is 6.51. The first-order chi connectivity index (χ1) is 11.8. The van der Waals surface area contributed by atoms with E-state index in [0.29, 0.717) is 20.9 Å². The molecule has 1 heterocycles. The van der Waals surface area contributed by atoms with E-state index in [9.17, 15) is 9.59 Å². The molecule has 0 radical (unpaired) electrons. The average molecular weight is 400 g/mol. The molecule has 132 valence electrons. The normalized spacial score (nSPS) is 10.4. The maximum Gasteiger partial charge on any atom is 0.316 e. The van der Waals surface area contributed by atoms with Crippen molar-refractivity contribution in [3.63, 3.8) is 0 Å². The third kappa shape index (κ3) is 6.53. The van der Waals surface area contributed by atoms with Gasteiger partial charge >= 0.3 is 5.97 Å². The highest BCUT2D eigenvalue weighted by molar-refractivity contribution is 7.99. The molecule has 0 aliphatic heterocycles. The van der Waals surface area contributed by atoms with Crippen molar-refractivity contribution >= 4 is 52.5 Å². The van der Waals surface area contributed by atoms with Crippen molar-refractivity contribution in [2.45, 2.75) is 19.0 Å². The quantitative estimate of drug-likeness (QED) is 0.453. The van der Waals surface area contributed by atoms with Crippen LogP contribution >= 0.6 is 35.0 Å². The van der Waals surface area contributed by atoms with Gasteiger partial charge in [-0.1, -0.05) is 35.0 Å². The minimum atomic E-state index is -0.537. The minimum Gasteiger partial charge on any atom is -0.455 e. The number of carbonyl (C=O) groups excluding carboxylic acids is 2. The Labute approximate surface area is 159 Å². The van der Waals surface area contributed by atoms with E-state index in [4.69, 9.17) is 27.9 Å². The lowest BCUT2D eigenvalue weighted by Gasteiger charge is -2.08. The summed E-state index contributed by atoms with van der Waals surface area (Å²) in [7, 11) is 0. The van der Waals surface area contributed by atoms with Gasteiger partial charge in [0.1, 0.15) is 0 Å². The van der Waals surface area contributed by atoms with E-state index in [2.05, 4.69) is 15.3 Å². The number of hydrogen-bond acceptors (Lipinski definition) is 6. The highest BCUT2D eigenvalue weighted by atomic mass is 35.5. The summed E-state index contributed by atoms with van der Waals surface area (Å²) in [5, 5.41) is 3.79. The zero-order valence-electron chi connectivity index (χ0n) is 13.5. The standard InChI is InChI=1S/C16H15Cl2N3O3S/c1-9-5-10(2)20-16(19-9)25-8-15(23)24-7-14(22)21-13-4-3-11(17)6-12(13)18/h3-6H,7-8H2,1-2H3,(H,21,22). The van der Waals surface area contributed by atoms with Crippen molar-refractivity contribution in [1.29, 1.82) is 0 Å². The summed E-state index contributed by atoms with van der Waals surface area (Å²) in [6.07, 6.45) is 0. The van der Waals surface area contributed by atoms with Gasteiger partial charge in [0.25, 0.3) is 5.91 Å². The fraction of sp³-hybridized carbons (Fsp3) is 0.250. The minimum absolute atomic E-state index is 0.0118. The second-order valence-electron chi connectivity index (χ2n) is 5.05. The number of hydrogen-bond donors (Lipinski definition) is 1. The molecule has 9 heteroatoms. The average Bonchev–Trinajstić information content (AvgIpc) is 2.53. The van der Waals surface area contributed by atoms with Crippen LogP contribution in [0, 0.1) is 13.8 Å². The van der Waals surface area contributed by atoms with E-state index in [1.807, 2.05) is 19.9 Å². The van der Waals surface area contributed by atoms with E-state index in [-0.39, 0.29) is 5.75 Å². The van der Waals surface area contributed by atoms with E-state index in [1.165, 1.54) is 6.07 Å². The number of halogens is 2. The van der Waals surface area contributed by atoms with Gasteiger partial charge in [-0.25, -0.2) is 9.97 Å². The number of rotatable bonds is 6. The molecule has 6 nitrogen and oxygen atoms in total. The van der Waals surface area contributed by atoms with Gasteiger partial charge in [0.2, 0.25) is 0 Å². The zero-order chi connectivity index (χ0) is 18.4. The Morgan fingerprint density at radius 3 is 2.48 bits per heavy atom. The second kappa shape index (κ2) is 9.03. The zero-order valence-corrected chi connectivity index (χ0v) is 15.8. The van der Waals surface area contributed by atoms with E-state index < -0.39 is 18.5 Å². The molecule has 0 saturated carbocycles. The molecule has 0 spiro atoms.